The smallest absolute Gasteiger partial charge is 0.247 e. The molecule has 8 heteroatoms. The molecule has 2 amide bonds. The summed E-state index contributed by atoms with van der Waals surface area (Å²) in [6.07, 6.45) is 5.43. The standard InChI is InChI=1S/C22H31N3O4S/c1-30(28,29)24-13-9-19(10-14-24)18-7-11-23(12-8-18)20-15-21(26)25(22(20)27)16-17-5-3-2-4-6-17/h2-6,18-20H,7-16H2,1H3. The van der Waals surface area contributed by atoms with Crippen molar-refractivity contribution in [2.45, 2.75) is 44.7 Å². The van der Waals surface area contributed by atoms with Gasteiger partial charge in [-0.2, -0.15) is 0 Å². The second-order valence-electron chi connectivity index (χ2n) is 8.90. The van der Waals surface area contributed by atoms with Gasteiger partial charge in [-0.25, -0.2) is 12.7 Å². The lowest BCUT2D eigenvalue weighted by molar-refractivity contribution is -0.140. The number of likely N-dealkylation sites (tertiary alicyclic amines) is 2. The lowest BCUT2D eigenvalue weighted by atomic mass is 9.79. The molecule has 0 aliphatic carbocycles. The third kappa shape index (κ3) is 4.60. The number of hydrogen-bond acceptors (Lipinski definition) is 5. The fraction of sp³-hybridized carbons (Fsp3) is 0.636. The number of amides is 2. The summed E-state index contributed by atoms with van der Waals surface area (Å²) in [5.74, 6) is 0.990. The predicted molar refractivity (Wildman–Crippen MR) is 114 cm³/mol. The summed E-state index contributed by atoms with van der Waals surface area (Å²) >= 11 is 0. The van der Waals surface area contributed by atoms with Crippen molar-refractivity contribution < 1.29 is 18.0 Å². The number of carbonyl (C=O) groups excluding carboxylic acids is 2. The SMILES string of the molecule is CS(=O)(=O)N1CCC(C2CCN(C3CC(=O)N(Cc4ccccc4)C3=O)CC2)CC1. The third-order valence-electron chi connectivity index (χ3n) is 7.05. The number of nitrogens with zero attached hydrogens (tertiary/aromatic N) is 3. The number of carbonyl (C=O) groups is 2. The van der Waals surface area contributed by atoms with Gasteiger partial charge in [0.2, 0.25) is 21.8 Å². The van der Waals surface area contributed by atoms with E-state index in [9.17, 15) is 18.0 Å². The monoisotopic (exact) mass is 433 g/mol. The number of sulfonamides is 1. The number of piperidine rings is 2. The van der Waals surface area contributed by atoms with Crippen LogP contribution in [0.15, 0.2) is 30.3 Å². The lowest BCUT2D eigenvalue weighted by Gasteiger charge is -2.40. The Morgan fingerprint density at radius 3 is 2.03 bits per heavy atom. The molecule has 0 spiro atoms. The van der Waals surface area contributed by atoms with Crippen LogP contribution in [0.1, 0.15) is 37.7 Å². The fourth-order valence-corrected chi connectivity index (χ4v) is 6.14. The molecule has 30 heavy (non-hydrogen) atoms. The molecule has 1 unspecified atom stereocenters. The summed E-state index contributed by atoms with van der Waals surface area (Å²) in [4.78, 5) is 29.0. The number of imide groups is 1. The normalized spacial score (nSPS) is 25.9. The van der Waals surface area contributed by atoms with Crippen LogP contribution in [0.2, 0.25) is 0 Å². The zero-order valence-corrected chi connectivity index (χ0v) is 18.4. The molecule has 1 atom stereocenters. The minimum atomic E-state index is -3.09. The van der Waals surface area contributed by atoms with E-state index in [4.69, 9.17) is 0 Å². The summed E-state index contributed by atoms with van der Waals surface area (Å²) < 4.78 is 25.0. The van der Waals surface area contributed by atoms with Crippen LogP contribution in [0.4, 0.5) is 0 Å². The molecule has 3 saturated heterocycles. The van der Waals surface area contributed by atoms with Crippen molar-refractivity contribution in [3.63, 3.8) is 0 Å². The van der Waals surface area contributed by atoms with E-state index in [0.29, 0.717) is 31.5 Å². The van der Waals surface area contributed by atoms with Crippen molar-refractivity contribution >= 4 is 21.8 Å². The molecular weight excluding hydrogens is 402 g/mol. The largest absolute Gasteiger partial charge is 0.292 e. The van der Waals surface area contributed by atoms with E-state index >= 15 is 0 Å². The highest BCUT2D eigenvalue weighted by Crippen LogP contribution is 2.34. The number of rotatable bonds is 5. The highest BCUT2D eigenvalue weighted by molar-refractivity contribution is 7.88. The highest BCUT2D eigenvalue weighted by Gasteiger charge is 2.43. The average molecular weight is 434 g/mol. The Kier molecular flexibility index (Phi) is 6.27. The van der Waals surface area contributed by atoms with Gasteiger partial charge in [0.05, 0.1) is 25.3 Å². The van der Waals surface area contributed by atoms with E-state index in [2.05, 4.69) is 4.90 Å². The Balaban J connectivity index is 1.29. The minimum Gasteiger partial charge on any atom is -0.292 e. The first-order valence-electron chi connectivity index (χ1n) is 10.9. The van der Waals surface area contributed by atoms with Crippen LogP contribution in [-0.2, 0) is 26.2 Å². The lowest BCUT2D eigenvalue weighted by Crippen LogP contribution is -2.47. The Morgan fingerprint density at radius 2 is 1.47 bits per heavy atom. The zero-order chi connectivity index (χ0) is 21.3. The van der Waals surface area contributed by atoms with Crippen LogP contribution in [0.3, 0.4) is 0 Å². The molecule has 1 aromatic rings. The molecule has 0 radical (unpaired) electrons. The Bertz CT molecular complexity index is 873. The molecule has 7 nitrogen and oxygen atoms in total. The molecule has 3 aliphatic heterocycles. The quantitative estimate of drug-likeness (QED) is 0.661. The summed E-state index contributed by atoms with van der Waals surface area (Å²) in [5.41, 5.74) is 0.971. The van der Waals surface area contributed by atoms with Crippen LogP contribution in [0, 0.1) is 11.8 Å². The van der Waals surface area contributed by atoms with Crippen LogP contribution < -0.4 is 0 Å². The van der Waals surface area contributed by atoms with Gasteiger partial charge in [-0.05, 0) is 56.2 Å². The van der Waals surface area contributed by atoms with Crippen molar-refractivity contribution in [3.05, 3.63) is 35.9 Å². The molecule has 164 valence electrons. The van der Waals surface area contributed by atoms with Gasteiger partial charge < -0.3 is 0 Å². The van der Waals surface area contributed by atoms with E-state index in [1.807, 2.05) is 30.3 Å². The Hall–Kier alpha value is -1.77. The molecule has 3 heterocycles. The van der Waals surface area contributed by atoms with Crippen molar-refractivity contribution in [1.82, 2.24) is 14.1 Å². The summed E-state index contributed by atoms with van der Waals surface area (Å²) in [7, 11) is -3.09. The minimum absolute atomic E-state index is 0.0660. The average Bonchev–Trinajstić information content (AvgIpc) is 3.02. The predicted octanol–water partition coefficient (Wildman–Crippen LogP) is 1.70. The van der Waals surface area contributed by atoms with E-state index in [0.717, 1.165) is 44.3 Å². The van der Waals surface area contributed by atoms with E-state index < -0.39 is 10.0 Å². The summed E-state index contributed by atoms with van der Waals surface area (Å²) in [5, 5.41) is 0. The van der Waals surface area contributed by atoms with Gasteiger partial charge in [0, 0.05) is 13.1 Å². The first kappa shape index (κ1) is 21.5. The van der Waals surface area contributed by atoms with Gasteiger partial charge in [-0.15, -0.1) is 0 Å². The van der Waals surface area contributed by atoms with Crippen LogP contribution in [0.25, 0.3) is 0 Å². The molecule has 0 saturated carbocycles. The third-order valence-corrected chi connectivity index (χ3v) is 8.36. The molecule has 4 rings (SSSR count). The van der Waals surface area contributed by atoms with Crippen molar-refractivity contribution in [1.29, 1.82) is 0 Å². The molecular formula is C22H31N3O4S. The maximum absolute atomic E-state index is 12.9. The Morgan fingerprint density at radius 1 is 0.900 bits per heavy atom. The van der Waals surface area contributed by atoms with Gasteiger partial charge in [-0.1, -0.05) is 30.3 Å². The van der Waals surface area contributed by atoms with Gasteiger partial charge in [0.15, 0.2) is 0 Å². The second kappa shape index (κ2) is 8.77. The van der Waals surface area contributed by atoms with E-state index in [1.54, 1.807) is 4.31 Å². The first-order valence-corrected chi connectivity index (χ1v) is 12.7. The molecule has 1 aromatic carbocycles. The van der Waals surface area contributed by atoms with Crippen LogP contribution in [0.5, 0.6) is 0 Å². The molecule has 3 aliphatic rings. The first-order chi connectivity index (χ1) is 14.3. The topological polar surface area (TPSA) is 78.0 Å². The summed E-state index contributed by atoms with van der Waals surface area (Å²) in [6, 6.07) is 9.32. The van der Waals surface area contributed by atoms with Gasteiger partial charge in [0.25, 0.3) is 0 Å². The van der Waals surface area contributed by atoms with Crippen molar-refractivity contribution in [3.8, 4) is 0 Å². The summed E-state index contributed by atoms with van der Waals surface area (Å²) in [6.45, 7) is 3.26. The van der Waals surface area contributed by atoms with Gasteiger partial charge >= 0.3 is 0 Å². The van der Waals surface area contributed by atoms with Gasteiger partial charge in [0.1, 0.15) is 0 Å². The van der Waals surface area contributed by atoms with Crippen LogP contribution >= 0.6 is 0 Å². The van der Waals surface area contributed by atoms with E-state index in [-0.39, 0.29) is 24.3 Å². The zero-order valence-electron chi connectivity index (χ0n) is 17.6. The second-order valence-corrected chi connectivity index (χ2v) is 10.9. The van der Waals surface area contributed by atoms with Crippen molar-refractivity contribution in [2.24, 2.45) is 11.8 Å². The highest BCUT2D eigenvalue weighted by atomic mass is 32.2. The van der Waals surface area contributed by atoms with Crippen molar-refractivity contribution in [2.75, 3.05) is 32.4 Å². The molecule has 0 N–H and O–H groups in total. The molecule has 3 fully saturated rings. The van der Waals surface area contributed by atoms with E-state index in [1.165, 1.54) is 11.2 Å². The van der Waals surface area contributed by atoms with Crippen LogP contribution in [-0.4, -0.2) is 72.8 Å². The maximum atomic E-state index is 12.9. The molecule has 0 aromatic heterocycles. The Labute approximate surface area is 179 Å². The molecule has 0 bridgehead atoms. The fourth-order valence-electron chi connectivity index (χ4n) is 5.26. The maximum Gasteiger partial charge on any atom is 0.247 e. The number of hydrogen-bond donors (Lipinski definition) is 0. The number of benzene rings is 1. The van der Waals surface area contributed by atoms with Gasteiger partial charge in [-0.3, -0.25) is 19.4 Å².